The van der Waals surface area contributed by atoms with Crippen molar-refractivity contribution in [2.75, 3.05) is 5.32 Å². The number of rotatable bonds is 6. The van der Waals surface area contributed by atoms with Crippen molar-refractivity contribution in [3.8, 4) is 0 Å². The Morgan fingerprint density at radius 3 is 2.45 bits per heavy atom. The molecule has 0 spiro atoms. The van der Waals surface area contributed by atoms with Crippen LogP contribution in [0, 0.1) is 13.8 Å². The first-order valence-electron chi connectivity index (χ1n) is 9.55. The summed E-state index contributed by atoms with van der Waals surface area (Å²) in [5.74, 6) is 0.361. The number of hydrogen-bond acceptors (Lipinski definition) is 3. The monoisotopic (exact) mass is 385 g/mol. The van der Waals surface area contributed by atoms with Crippen molar-refractivity contribution in [3.63, 3.8) is 0 Å². The summed E-state index contributed by atoms with van der Waals surface area (Å²) in [6.07, 6.45) is 1.86. The van der Waals surface area contributed by atoms with E-state index in [1.807, 2.05) is 84.0 Å². The minimum Gasteiger partial charge on any atom is -0.305 e. The van der Waals surface area contributed by atoms with Gasteiger partial charge in [-0.05, 0) is 43.2 Å². The number of carbonyl (C=O) groups is 1. The lowest BCUT2D eigenvalue weighted by Gasteiger charge is -2.07. The first-order valence-corrected chi connectivity index (χ1v) is 9.55. The van der Waals surface area contributed by atoms with Crippen molar-refractivity contribution in [2.45, 2.75) is 26.9 Å². The van der Waals surface area contributed by atoms with E-state index in [-0.39, 0.29) is 5.91 Å². The average molecular weight is 385 g/mol. The van der Waals surface area contributed by atoms with E-state index in [2.05, 4.69) is 15.5 Å². The molecule has 0 atom stereocenters. The summed E-state index contributed by atoms with van der Waals surface area (Å²) in [5.41, 5.74) is 4.87. The van der Waals surface area contributed by atoms with Crippen molar-refractivity contribution in [3.05, 3.63) is 101 Å². The van der Waals surface area contributed by atoms with Gasteiger partial charge in [-0.3, -0.25) is 14.2 Å². The highest BCUT2D eigenvalue weighted by molar-refractivity contribution is 6.03. The molecular formula is C23H23N5O. The van der Waals surface area contributed by atoms with E-state index in [1.54, 1.807) is 12.1 Å². The molecule has 0 bridgehead atoms. The first kappa shape index (κ1) is 18.7. The minimum atomic E-state index is -0.176. The number of nitrogens with zero attached hydrogens (tertiary/aromatic N) is 4. The highest BCUT2D eigenvalue weighted by Gasteiger charge is 2.10. The Balaban J connectivity index is 1.43. The van der Waals surface area contributed by atoms with E-state index in [0.29, 0.717) is 24.5 Å². The van der Waals surface area contributed by atoms with Crippen molar-refractivity contribution in [2.24, 2.45) is 0 Å². The van der Waals surface area contributed by atoms with Gasteiger partial charge in [0.25, 0.3) is 5.91 Å². The van der Waals surface area contributed by atoms with Crippen molar-refractivity contribution in [1.29, 1.82) is 0 Å². The number of anilines is 1. The van der Waals surface area contributed by atoms with Gasteiger partial charge in [-0.25, -0.2) is 0 Å². The molecule has 0 aliphatic rings. The minimum absolute atomic E-state index is 0.176. The summed E-state index contributed by atoms with van der Waals surface area (Å²) in [6, 6.07) is 21.5. The molecule has 146 valence electrons. The summed E-state index contributed by atoms with van der Waals surface area (Å²) in [6.45, 7) is 5.30. The normalized spacial score (nSPS) is 10.8. The molecule has 1 N–H and O–H groups in total. The SMILES string of the molecule is Cc1cc(C)n(Cc2cccc(C(=O)Nc3ccn(Cc4ccccc4)n3)c2)n1. The summed E-state index contributed by atoms with van der Waals surface area (Å²) in [5, 5.41) is 11.8. The van der Waals surface area contributed by atoms with Gasteiger partial charge in [-0.2, -0.15) is 10.2 Å². The smallest absolute Gasteiger partial charge is 0.256 e. The Morgan fingerprint density at radius 2 is 1.69 bits per heavy atom. The molecule has 6 heteroatoms. The molecule has 0 saturated carbocycles. The third-order valence-corrected chi connectivity index (χ3v) is 4.69. The summed E-state index contributed by atoms with van der Waals surface area (Å²) in [7, 11) is 0. The van der Waals surface area contributed by atoms with Crippen LogP contribution in [0.15, 0.2) is 72.9 Å². The summed E-state index contributed by atoms with van der Waals surface area (Å²) >= 11 is 0. The van der Waals surface area contributed by atoms with Crippen molar-refractivity contribution in [1.82, 2.24) is 19.6 Å². The van der Waals surface area contributed by atoms with Crippen molar-refractivity contribution < 1.29 is 4.79 Å². The van der Waals surface area contributed by atoms with Gasteiger partial charge >= 0.3 is 0 Å². The first-order chi connectivity index (χ1) is 14.1. The molecule has 29 heavy (non-hydrogen) atoms. The van der Waals surface area contributed by atoms with Crippen LogP contribution in [0.4, 0.5) is 5.82 Å². The van der Waals surface area contributed by atoms with Crippen LogP contribution in [0.1, 0.15) is 32.9 Å². The zero-order chi connectivity index (χ0) is 20.2. The van der Waals surface area contributed by atoms with E-state index in [4.69, 9.17) is 0 Å². The highest BCUT2D eigenvalue weighted by atomic mass is 16.1. The van der Waals surface area contributed by atoms with Gasteiger partial charge in [0, 0.05) is 23.5 Å². The van der Waals surface area contributed by atoms with Crippen LogP contribution < -0.4 is 5.32 Å². The van der Waals surface area contributed by atoms with E-state index >= 15 is 0 Å². The van der Waals surface area contributed by atoms with E-state index in [9.17, 15) is 4.79 Å². The van der Waals surface area contributed by atoms with Crippen LogP contribution in [0.25, 0.3) is 0 Å². The van der Waals surface area contributed by atoms with Crippen molar-refractivity contribution >= 4 is 11.7 Å². The van der Waals surface area contributed by atoms with Gasteiger partial charge < -0.3 is 5.32 Å². The number of amides is 1. The Kier molecular flexibility index (Phi) is 5.24. The van der Waals surface area contributed by atoms with Crippen LogP contribution in [0.3, 0.4) is 0 Å². The average Bonchev–Trinajstić information content (AvgIpc) is 3.28. The lowest BCUT2D eigenvalue weighted by atomic mass is 10.1. The van der Waals surface area contributed by atoms with Gasteiger partial charge in [-0.15, -0.1) is 0 Å². The van der Waals surface area contributed by atoms with E-state index in [1.165, 1.54) is 0 Å². The number of carbonyl (C=O) groups excluding carboxylic acids is 1. The van der Waals surface area contributed by atoms with Gasteiger partial charge in [0.15, 0.2) is 5.82 Å². The number of aryl methyl sites for hydroxylation is 2. The zero-order valence-electron chi connectivity index (χ0n) is 16.5. The molecule has 0 unspecified atom stereocenters. The molecule has 2 heterocycles. The molecule has 2 aromatic carbocycles. The molecule has 0 fully saturated rings. The Bertz CT molecular complexity index is 1130. The summed E-state index contributed by atoms with van der Waals surface area (Å²) < 4.78 is 3.75. The number of hydrogen-bond donors (Lipinski definition) is 1. The zero-order valence-corrected chi connectivity index (χ0v) is 16.5. The van der Waals surface area contributed by atoms with Crippen LogP contribution in [-0.2, 0) is 13.1 Å². The molecule has 1 amide bonds. The fourth-order valence-electron chi connectivity index (χ4n) is 3.29. The van der Waals surface area contributed by atoms with Gasteiger partial charge in [-0.1, -0.05) is 42.5 Å². The molecular weight excluding hydrogens is 362 g/mol. The largest absolute Gasteiger partial charge is 0.305 e. The molecule has 0 aliphatic heterocycles. The topological polar surface area (TPSA) is 64.7 Å². The van der Waals surface area contributed by atoms with Gasteiger partial charge in [0.05, 0.1) is 18.8 Å². The number of nitrogens with one attached hydrogen (secondary N) is 1. The molecule has 0 aliphatic carbocycles. The second-order valence-electron chi connectivity index (χ2n) is 7.12. The lowest BCUT2D eigenvalue weighted by Crippen LogP contribution is -2.13. The molecule has 0 saturated heterocycles. The Morgan fingerprint density at radius 1 is 0.897 bits per heavy atom. The fraction of sp³-hybridized carbons (Fsp3) is 0.174. The molecule has 2 aromatic heterocycles. The highest BCUT2D eigenvalue weighted by Crippen LogP contribution is 2.12. The van der Waals surface area contributed by atoms with Crippen LogP contribution in [-0.4, -0.2) is 25.5 Å². The molecule has 4 rings (SSSR count). The van der Waals surface area contributed by atoms with Crippen LogP contribution in [0.2, 0.25) is 0 Å². The third-order valence-electron chi connectivity index (χ3n) is 4.69. The maximum atomic E-state index is 12.7. The maximum Gasteiger partial charge on any atom is 0.256 e. The van der Waals surface area contributed by atoms with E-state index in [0.717, 1.165) is 22.5 Å². The predicted molar refractivity (Wildman–Crippen MR) is 113 cm³/mol. The Labute approximate surface area is 169 Å². The van der Waals surface area contributed by atoms with Gasteiger partial charge in [0.2, 0.25) is 0 Å². The Hall–Kier alpha value is -3.67. The molecule has 4 aromatic rings. The van der Waals surface area contributed by atoms with E-state index < -0.39 is 0 Å². The number of benzene rings is 2. The second kappa shape index (κ2) is 8.14. The maximum absolute atomic E-state index is 12.7. The molecule has 6 nitrogen and oxygen atoms in total. The van der Waals surface area contributed by atoms with Crippen LogP contribution >= 0.6 is 0 Å². The number of aromatic nitrogens is 4. The molecule has 0 radical (unpaired) electrons. The fourth-order valence-corrected chi connectivity index (χ4v) is 3.29. The van der Waals surface area contributed by atoms with Gasteiger partial charge in [0.1, 0.15) is 0 Å². The predicted octanol–water partition coefficient (Wildman–Crippen LogP) is 4.05. The summed E-state index contributed by atoms with van der Waals surface area (Å²) in [4.78, 5) is 12.7. The third kappa shape index (κ3) is 4.60. The standard InChI is InChI=1S/C23H23N5O/c1-17-13-18(2)28(25-17)16-20-9-6-10-21(14-20)23(29)24-22-11-12-27(26-22)15-19-7-4-3-5-8-19/h3-14H,15-16H2,1-2H3,(H,24,26,29). The quantitative estimate of drug-likeness (QED) is 0.545. The van der Waals surface area contributed by atoms with Crippen LogP contribution in [0.5, 0.6) is 0 Å². The lowest BCUT2D eigenvalue weighted by molar-refractivity contribution is 0.102. The second-order valence-corrected chi connectivity index (χ2v) is 7.12.